The quantitative estimate of drug-likeness (QED) is 0.778. The molecule has 0 N–H and O–H groups in total. The Labute approximate surface area is 93.9 Å². The second-order valence-electron chi connectivity index (χ2n) is 2.98. The standard InChI is InChI=1S/C9H8BrN3O2/c1-13-7-5(3-6(10)9(13)14)8(15-2)12-4-11-7/h3-4H,1-2H3. The Bertz CT molecular complexity index is 579. The van der Waals surface area contributed by atoms with Crippen molar-refractivity contribution in [2.75, 3.05) is 7.11 Å². The number of pyridine rings is 1. The first-order chi connectivity index (χ1) is 7.15. The molecule has 5 nitrogen and oxygen atoms in total. The largest absolute Gasteiger partial charge is 0.480 e. The summed E-state index contributed by atoms with van der Waals surface area (Å²) < 4.78 is 7.00. The van der Waals surface area contributed by atoms with Gasteiger partial charge in [0.15, 0.2) is 0 Å². The van der Waals surface area contributed by atoms with E-state index in [1.807, 2.05) is 0 Å². The molecule has 0 atom stereocenters. The van der Waals surface area contributed by atoms with Gasteiger partial charge in [0, 0.05) is 7.05 Å². The summed E-state index contributed by atoms with van der Waals surface area (Å²) in [5.74, 6) is 0.455. The zero-order chi connectivity index (χ0) is 11.0. The first kappa shape index (κ1) is 10.1. The maximum atomic E-state index is 11.6. The molecule has 0 amide bonds. The summed E-state index contributed by atoms with van der Waals surface area (Å²) in [5, 5.41) is 0.703. The number of hydrogen-bond donors (Lipinski definition) is 0. The van der Waals surface area contributed by atoms with Crippen LogP contribution in [0.1, 0.15) is 0 Å². The molecule has 0 bridgehead atoms. The Morgan fingerprint density at radius 2 is 2.20 bits per heavy atom. The number of ether oxygens (including phenoxy) is 1. The molecule has 0 unspecified atom stereocenters. The van der Waals surface area contributed by atoms with Gasteiger partial charge in [-0.05, 0) is 22.0 Å². The van der Waals surface area contributed by atoms with Crippen molar-refractivity contribution in [3.05, 3.63) is 27.2 Å². The lowest BCUT2D eigenvalue weighted by Crippen LogP contribution is -2.18. The molecule has 78 valence electrons. The van der Waals surface area contributed by atoms with Crippen molar-refractivity contribution in [2.45, 2.75) is 0 Å². The lowest BCUT2D eigenvalue weighted by molar-refractivity contribution is 0.402. The van der Waals surface area contributed by atoms with E-state index in [1.165, 1.54) is 18.0 Å². The molecule has 2 rings (SSSR count). The average molecular weight is 270 g/mol. The number of methoxy groups -OCH3 is 1. The highest BCUT2D eigenvalue weighted by Crippen LogP contribution is 2.21. The molecular formula is C9H8BrN3O2. The van der Waals surface area contributed by atoms with Crippen molar-refractivity contribution in [3.8, 4) is 5.88 Å². The minimum Gasteiger partial charge on any atom is -0.480 e. The third-order valence-corrected chi connectivity index (χ3v) is 2.69. The van der Waals surface area contributed by atoms with Crippen LogP contribution in [0, 0.1) is 0 Å². The summed E-state index contributed by atoms with van der Waals surface area (Å²) >= 11 is 3.19. The molecule has 0 saturated carbocycles. The molecule has 0 aliphatic carbocycles. The second kappa shape index (κ2) is 3.62. The van der Waals surface area contributed by atoms with Crippen LogP contribution < -0.4 is 10.3 Å². The van der Waals surface area contributed by atoms with Crippen LogP contribution in [-0.4, -0.2) is 21.6 Å². The zero-order valence-corrected chi connectivity index (χ0v) is 9.78. The predicted octanol–water partition coefficient (Wildman–Crippen LogP) is 1.10. The zero-order valence-electron chi connectivity index (χ0n) is 8.19. The number of aryl methyl sites for hydroxylation is 1. The Hall–Kier alpha value is -1.43. The summed E-state index contributed by atoms with van der Waals surface area (Å²) in [6, 6.07) is 1.66. The van der Waals surface area contributed by atoms with Crippen LogP contribution in [0.2, 0.25) is 0 Å². The van der Waals surface area contributed by atoms with Crippen LogP contribution in [0.3, 0.4) is 0 Å². The van der Waals surface area contributed by atoms with E-state index in [0.717, 1.165) is 0 Å². The number of rotatable bonds is 1. The van der Waals surface area contributed by atoms with Gasteiger partial charge in [-0.2, -0.15) is 0 Å². The summed E-state index contributed by atoms with van der Waals surface area (Å²) in [5.41, 5.74) is 0.415. The first-order valence-electron chi connectivity index (χ1n) is 4.19. The number of halogens is 1. The van der Waals surface area contributed by atoms with Gasteiger partial charge in [-0.25, -0.2) is 9.97 Å². The smallest absolute Gasteiger partial charge is 0.266 e. The van der Waals surface area contributed by atoms with E-state index >= 15 is 0 Å². The van der Waals surface area contributed by atoms with Crippen molar-refractivity contribution in [2.24, 2.45) is 7.05 Å². The maximum Gasteiger partial charge on any atom is 0.266 e. The fraction of sp³-hybridized carbons (Fsp3) is 0.222. The van der Waals surface area contributed by atoms with Gasteiger partial charge in [-0.1, -0.05) is 0 Å². The third-order valence-electron chi connectivity index (χ3n) is 2.12. The summed E-state index contributed by atoms with van der Waals surface area (Å²) in [7, 11) is 3.18. The summed E-state index contributed by atoms with van der Waals surface area (Å²) in [4.78, 5) is 19.6. The minimum atomic E-state index is -0.136. The Balaban J connectivity index is 2.98. The van der Waals surface area contributed by atoms with Crippen LogP contribution in [0.5, 0.6) is 5.88 Å². The van der Waals surface area contributed by atoms with Crippen molar-refractivity contribution in [1.82, 2.24) is 14.5 Å². The van der Waals surface area contributed by atoms with Crippen molar-refractivity contribution in [1.29, 1.82) is 0 Å². The second-order valence-corrected chi connectivity index (χ2v) is 3.83. The van der Waals surface area contributed by atoms with Crippen LogP contribution in [0.4, 0.5) is 0 Å². The Morgan fingerprint density at radius 3 is 2.87 bits per heavy atom. The molecule has 0 spiro atoms. The van der Waals surface area contributed by atoms with Gasteiger partial charge in [0.2, 0.25) is 5.88 Å². The highest BCUT2D eigenvalue weighted by Gasteiger charge is 2.09. The van der Waals surface area contributed by atoms with Crippen molar-refractivity contribution in [3.63, 3.8) is 0 Å². The van der Waals surface area contributed by atoms with Gasteiger partial charge in [0.1, 0.15) is 12.0 Å². The van der Waals surface area contributed by atoms with E-state index in [-0.39, 0.29) is 5.56 Å². The lowest BCUT2D eigenvalue weighted by Gasteiger charge is -2.06. The first-order valence-corrected chi connectivity index (χ1v) is 4.98. The van der Waals surface area contributed by atoms with Crippen LogP contribution in [-0.2, 0) is 7.05 Å². The van der Waals surface area contributed by atoms with Gasteiger partial charge in [0.05, 0.1) is 17.0 Å². The van der Waals surface area contributed by atoms with E-state index in [0.29, 0.717) is 21.4 Å². The molecule has 0 aromatic carbocycles. The van der Waals surface area contributed by atoms with Crippen molar-refractivity contribution >= 4 is 27.0 Å². The fourth-order valence-electron chi connectivity index (χ4n) is 1.37. The predicted molar refractivity (Wildman–Crippen MR) is 59.0 cm³/mol. The third kappa shape index (κ3) is 1.50. The number of nitrogens with zero attached hydrogens (tertiary/aromatic N) is 3. The SMILES string of the molecule is COc1ncnc2c1cc(Br)c(=O)n2C. The Morgan fingerprint density at radius 1 is 1.47 bits per heavy atom. The van der Waals surface area contributed by atoms with E-state index in [2.05, 4.69) is 25.9 Å². The van der Waals surface area contributed by atoms with Gasteiger partial charge in [-0.15, -0.1) is 0 Å². The van der Waals surface area contributed by atoms with Crippen LogP contribution in [0.25, 0.3) is 11.0 Å². The van der Waals surface area contributed by atoms with Crippen LogP contribution in [0.15, 0.2) is 21.7 Å². The molecule has 6 heteroatoms. The molecule has 2 aromatic rings. The highest BCUT2D eigenvalue weighted by molar-refractivity contribution is 9.10. The normalized spacial score (nSPS) is 10.6. The average Bonchev–Trinajstić information content (AvgIpc) is 2.25. The maximum absolute atomic E-state index is 11.6. The van der Waals surface area contributed by atoms with E-state index in [4.69, 9.17) is 4.74 Å². The molecule has 0 aliphatic heterocycles. The van der Waals surface area contributed by atoms with Crippen molar-refractivity contribution < 1.29 is 4.74 Å². The minimum absolute atomic E-state index is 0.136. The fourth-order valence-corrected chi connectivity index (χ4v) is 1.87. The van der Waals surface area contributed by atoms with E-state index in [9.17, 15) is 4.79 Å². The number of aromatic nitrogens is 3. The molecule has 0 aliphatic rings. The topological polar surface area (TPSA) is 57.0 Å². The highest BCUT2D eigenvalue weighted by atomic mass is 79.9. The van der Waals surface area contributed by atoms with Gasteiger partial charge >= 0.3 is 0 Å². The van der Waals surface area contributed by atoms with Crippen LogP contribution >= 0.6 is 15.9 Å². The number of hydrogen-bond acceptors (Lipinski definition) is 4. The van der Waals surface area contributed by atoms with Gasteiger partial charge in [0.25, 0.3) is 5.56 Å². The van der Waals surface area contributed by atoms with E-state index < -0.39 is 0 Å². The molecule has 0 fully saturated rings. The monoisotopic (exact) mass is 269 g/mol. The van der Waals surface area contributed by atoms with E-state index in [1.54, 1.807) is 13.1 Å². The molecule has 0 saturated heterocycles. The summed E-state index contributed by atoms with van der Waals surface area (Å²) in [6.45, 7) is 0. The molecule has 15 heavy (non-hydrogen) atoms. The molecule has 2 aromatic heterocycles. The van der Waals surface area contributed by atoms with Gasteiger partial charge in [-0.3, -0.25) is 9.36 Å². The molecular weight excluding hydrogens is 262 g/mol. The summed E-state index contributed by atoms with van der Waals surface area (Å²) in [6.07, 6.45) is 1.37. The lowest BCUT2D eigenvalue weighted by atomic mass is 10.3. The number of fused-ring (bicyclic) bond motifs is 1. The molecule has 0 radical (unpaired) electrons. The Kier molecular flexibility index (Phi) is 2.44. The van der Waals surface area contributed by atoms with Gasteiger partial charge < -0.3 is 4.74 Å². The molecule has 2 heterocycles.